The fourth-order valence-electron chi connectivity index (χ4n) is 1.79. The van der Waals surface area contributed by atoms with Crippen molar-refractivity contribution < 1.29 is 9.66 Å². The Bertz CT molecular complexity index is 605. The minimum Gasteiger partial charge on any atom is -0.497 e. The van der Waals surface area contributed by atoms with Crippen molar-refractivity contribution in [1.82, 2.24) is 4.57 Å². The largest absolute Gasteiger partial charge is 0.497 e. The van der Waals surface area contributed by atoms with Crippen LogP contribution < -0.4 is 9.64 Å². The third kappa shape index (κ3) is 2.52. The summed E-state index contributed by atoms with van der Waals surface area (Å²) in [6.45, 7) is 0. The fourth-order valence-corrected chi connectivity index (χ4v) is 1.79. The maximum absolute atomic E-state index is 11.1. The van der Waals surface area contributed by atoms with E-state index < -0.39 is 4.92 Å². The van der Waals surface area contributed by atoms with Gasteiger partial charge in [-0.05, 0) is 12.1 Å². The highest BCUT2D eigenvalue weighted by Gasteiger charge is 2.16. The summed E-state index contributed by atoms with van der Waals surface area (Å²) in [6, 6.07) is 6.57. The number of hydrogen-bond acceptors (Lipinski definition) is 4. The summed E-state index contributed by atoms with van der Waals surface area (Å²) in [6.07, 6.45) is 3.62. The van der Waals surface area contributed by atoms with Crippen LogP contribution in [0.15, 0.2) is 36.7 Å². The Kier molecular flexibility index (Phi) is 3.41. The monoisotopic (exact) mass is 261 g/mol. The van der Waals surface area contributed by atoms with E-state index in [2.05, 4.69) is 0 Å². The van der Waals surface area contributed by atoms with Crippen molar-refractivity contribution in [2.75, 3.05) is 26.1 Å². The van der Waals surface area contributed by atoms with Gasteiger partial charge in [0.1, 0.15) is 11.4 Å². The lowest BCUT2D eigenvalue weighted by Gasteiger charge is -2.09. The molecule has 6 nitrogen and oxygen atoms in total. The number of hydrogen-bond donors (Lipinski definition) is 0. The predicted octanol–water partition coefficient (Wildman–Crippen LogP) is 2.46. The summed E-state index contributed by atoms with van der Waals surface area (Å²) in [5.41, 5.74) is 1.50. The molecule has 2 aromatic rings. The highest BCUT2D eigenvalue weighted by molar-refractivity contribution is 5.58. The molecule has 2 rings (SSSR count). The molecule has 1 heterocycles. The van der Waals surface area contributed by atoms with E-state index in [0.29, 0.717) is 11.4 Å². The van der Waals surface area contributed by atoms with E-state index in [9.17, 15) is 10.1 Å². The van der Waals surface area contributed by atoms with Crippen molar-refractivity contribution in [1.29, 1.82) is 0 Å². The number of benzene rings is 1. The second-order valence-electron chi connectivity index (χ2n) is 4.28. The van der Waals surface area contributed by atoms with Crippen LogP contribution in [0.5, 0.6) is 5.75 Å². The Morgan fingerprint density at radius 3 is 2.58 bits per heavy atom. The number of rotatable bonds is 4. The average Bonchev–Trinajstić information content (AvgIpc) is 2.87. The predicted molar refractivity (Wildman–Crippen MR) is 73.3 cm³/mol. The number of nitro benzene ring substituents is 1. The summed E-state index contributed by atoms with van der Waals surface area (Å²) in [5, 5.41) is 11.1. The van der Waals surface area contributed by atoms with Gasteiger partial charge in [0.15, 0.2) is 0 Å². The number of aromatic nitrogens is 1. The second kappa shape index (κ2) is 5.01. The van der Waals surface area contributed by atoms with Gasteiger partial charge in [0, 0.05) is 38.6 Å². The molecule has 0 saturated carbocycles. The number of nitro groups is 1. The van der Waals surface area contributed by atoms with E-state index in [1.807, 2.05) is 31.3 Å². The Morgan fingerprint density at radius 2 is 2.05 bits per heavy atom. The maximum atomic E-state index is 11.1. The van der Waals surface area contributed by atoms with E-state index in [0.717, 1.165) is 5.69 Å². The molecular weight excluding hydrogens is 246 g/mol. The minimum atomic E-state index is -0.399. The fraction of sp³-hybridized carbons (Fsp3) is 0.231. The molecule has 100 valence electrons. The number of anilines is 1. The molecule has 0 aliphatic rings. The van der Waals surface area contributed by atoms with Gasteiger partial charge < -0.3 is 14.2 Å². The topological polar surface area (TPSA) is 60.5 Å². The smallest absolute Gasteiger partial charge is 0.293 e. The molecule has 6 heteroatoms. The molecule has 0 atom stereocenters. The first-order valence-electron chi connectivity index (χ1n) is 5.71. The quantitative estimate of drug-likeness (QED) is 0.626. The molecule has 0 fully saturated rings. The molecule has 1 aromatic carbocycles. The maximum Gasteiger partial charge on any atom is 0.293 e. The van der Waals surface area contributed by atoms with E-state index in [-0.39, 0.29) is 5.69 Å². The van der Waals surface area contributed by atoms with Crippen LogP contribution in [0.1, 0.15) is 0 Å². The van der Waals surface area contributed by atoms with Crippen molar-refractivity contribution in [3.63, 3.8) is 0 Å². The molecule has 19 heavy (non-hydrogen) atoms. The van der Waals surface area contributed by atoms with Crippen LogP contribution >= 0.6 is 0 Å². The van der Waals surface area contributed by atoms with Crippen LogP contribution in [0, 0.1) is 10.1 Å². The standard InChI is InChI=1S/C13H15N3O3/c1-14(2)10-6-7-15(9-10)13-8-11(19-3)4-5-12(13)16(17)18/h4-9H,1-3H3. The lowest BCUT2D eigenvalue weighted by atomic mass is 10.2. The molecule has 0 spiro atoms. The first-order chi connectivity index (χ1) is 9.02. The Labute approximate surface area is 111 Å². The Balaban J connectivity index is 2.54. The zero-order chi connectivity index (χ0) is 14.0. The van der Waals surface area contributed by atoms with Crippen molar-refractivity contribution in [3.05, 3.63) is 46.8 Å². The van der Waals surface area contributed by atoms with Crippen molar-refractivity contribution in [2.45, 2.75) is 0 Å². The third-order valence-electron chi connectivity index (χ3n) is 2.85. The zero-order valence-electron chi connectivity index (χ0n) is 11.0. The lowest BCUT2D eigenvalue weighted by molar-refractivity contribution is -0.384. The molecule has 0 amide bonds. The third-order valence-corrected chi connectivity index (χ3v) is 2.85. The molecule has 0 bridgehead atoms. The van der Waals surface area contributed by atoms with Gasteiger partial charge in [0.25, 0.3) is 5.69 Å². The first kappa shape index (κ1) is 12.9. The van der Waals surface area contributed by atoms with Crippen LogP contribution in [0.2, 0.25) is 0 Å². The van der Waals surface area contributed by atoms with E-state index in [4.69, 9.17) is 4.74 Å². The van der Waals surface area contributed by atoms with Crippen molar-refractivity contribution in [3.8, 4) is 11.4 Å². The van der Waals surface area contributed by atoms with Gasteiger partial charge >= 0.3 is 0 Å². The second-order valence-corrected chi connectivity index (χ2v) is 4.28. The van der Waals surface area contributed by atoms with Gasteiger partial charge in [-0.3, -0.25) is 10.1 Å². The summed E-state index contributed by atoms with van der Waals surface area (Å²) in [4.78, 5) is 12.6. The van der Waals surface area contributed by atoms with E-state index in [1.165, 1.54) is 13.2 Å². The van der Waals surface area contributed by atoms with E-state index >= 15 is 0 Å². The normalized spacial score (nSPS) is 10.3. The van der Waals surface area contributed by atoms with Crippen LogP contribution in [-0.2, 0) is 0 Å². The van der Waals surface area contributed by atoms with E-state index in [1.54, 1.807) is 22.9 Å². The molecule has 0 radical (unpaired) electrons. The van der Waals surface area contributed by atoms with Gasteiger partial charge in [-0.2, -0.15) is 0 Å². The molecular formula is C13H15N3O3. The molecule has 0 saturated heterocycles. The molecule has 0 N–H and O–H groups in total. The SMILES string of the molecule is COc1ccc([N+](=O)[O-])c(-n2ccc(N(C)C)c2)c1. The number of ether oxygens (including phenoxy) is 1. The summed E-state index contributed by atoms with van der Waals surface area (Å²) in [7, 11) is 5.37. The summed E-state index contributed by atoms with van der Waals surface area (Å²) < 4.78 is 6.84. The molecule has 1 aromatic heterocycles. The Morgan fingerprint density at radius 1 is 1.32 bits per heavy atom. The zero-order valence-corrected chi connectivity index (χ0v) is 11.0. The highest BCUT2D eigenvalue weighted by Crippen LogP contribution is 2.29. The first-order valence-corrected chi connectivity index (χ1v) is 5.71. The van der Waals surface area contributed by atoms with Gasteiger partial charge in [-0.15, -0.1) is 0 Å². The van der Waals surface area contributed by atoms with Gasteiger partial charge in [0.05, 0.1) is 17.7 Å². The Hall–Kier alpha value is -2.50. The van der Waals surface area contributed by atoms with Crippen molar-refractivity contribution in [2.24, 2.45) is 0 Å². The van der Waals surface area contributed by atoms with Gasteiger partial charge in [-0.1, -0.05) is 0 Å². The number of methoxy groups -OCH3 is 1. The summed E-state index contributed by atoms with van der Waals surface area (Å²) >= 11 is 0. The van der Waals surface area contributed by atoms with Gasteiger partial charge in [0.2, 0.25) is 0 Å². The van der Waals surface area contributed by atoms with Crippen LogP contribution in [-0.4, -0.2) is 30.7 Å². The molecule has 0 aliphatic carbocycles. The highest BCUT2D eigenvalue weighted by atomic mass is 16.6. The molecule has 0 aliphatic heterocycles. The van der Waals surface area contributed by atoms with Crippen LogP contribution in [0.3, 0.4) is 0 Å². The van der Waals surface area contributed by atoms with Crippen LogP contribution in [0.4, 0.5) is 11.4 Å². The number of nitrogens with zero attached hydrogens (tertiary/aromatic N) is 3. The van der Waals surface area contributed by atoms with Crippen LogP contribution in [0.25, 0.3) is 5.69 Å². The van der Waals surface area contributed by atoms with Gasteiger partial charge in [-0.25, -0.2) is 0 Å². The minimum absolute atomic E-state index is 0.0432. The van der Waals surface area contributed by atoms with Crippen molar-refractivity contribution >= 4 is 11.4 Å². The molecule has 0 unspecified atom stereocenters. The summed E-state index contributed by atoms with van der Waals surface area (Å²) in [5.74, 6) is 0.584. The lowest BCUT2D eigenvalue weighted by Crippen LogP contribution is -2.07. The average molecular weight is 261 g/mol.